The highest BCUT2D eigenvalue weighted by molar-refractivity contribution is 6.33. The smallest absolute Gasteiger partial charge is 0.337 e. The Morgan fingerprint density at radius 3 is 2.72 bits per heavy atom. The number of aromatic nitrogens is 1. The van der Waals surface area contributed by atoms with Gasteiger partial charge in [-0.3, -0.25) is 4.79 Å². The van der Waals surface area contributed by atoms with Gasteiger partial charge in [-0.15, -0.1) is 0 Å². The Morgan fingerprint density at radius 2 is 2.06 bits per heavy atom. The molecule has 0 spiro atoms. The number of halogens is 1. The summed E-state index contributed by atoms with van der Waals surface area (Å²) in [5, 5.41) is 0.466. The van der Waals surface area contributed by atoms with Crippen molar-refractivity contribution in [3.05, 3.63) is 57.5 Å². The van der Waals surface area contributed by atoms with E-state index in [4.69, 9.17) is 11.6 Å². The van der Waals surface area contributed by atoms with E-state index in [1.54, 1.807) is 24.3 Å². The molecule has 0 unspecified atom stereocenters. The van der Waals surface area contributed by atoms with E-state index in [9.17, 15) is 9.59 Å². The van der Waals surface area contributed by atoms with E-state index in [0.29, 0.717) is 21.7 Å². The number of carbonyl (C=O) groups is 1. The fourth-order valence-electron chi connectivity index (χ4n) is 1.60. The highest BCUT2D eigenvalue weighted by atomic mass is 35.5. The first-order chi connectivity index (χ1) is 8.61. The summed E-state index contributed by atoms with van der Waals surface area (Å²) in [6, 6.07) is 7.91. The zero-order chi connectivity index (χ0) is 13.1. The average Bonchev–Trinajstić information content (AvgIpc) is 2.38. The lowest BCUT2D eigenvalue weighted by molar-refractivity contribution is 0.0601. The minimum absolute atomic E-state index is 0.230. The number of esters is 1. The van der Waals surface area contributed by atoms with Crippen LogP contribution in [-0.2, 0) is 4.74 Å². The summed E-state index contributed by atoms with van der Waals surface area (Å²) < 4.78 is 4.64. The number of benzene rings is 1. The molecule has 0 atom stereocenters. The molecule has 0 fully saturated rings. The first-order valence-corrected chi connectivity index (χ1v) is 5.56. The first-order valence-electron chi connectivity index (χ1n) is 5.19. The van der Waals surface area contributed by atoms with E-state index >= 15 is 0 Å². The van der Waals surface area contributed by atoms with Gasteiger partial charge in [0.05, 0.1) is 12.7 Å². The van der Waals surface area contributed by atoms with Crippen molar-refractivity contribution in [2.24, 2.45) is 0 Å². The average molecular weight is 264 g/mol. The Labute approximate surface area is 108 Å². The van der Waals surface area contributed by atoms with E-state index in [1.165, 1.54) is 19.4 Å². The summed E-state index contributed by atoms with van der Waals surface area (Å²) in [5.41, 5.74) is 1.42. The normalized spacial score (nSPS) is 10.1. The van der Waals surface area contributed by atoms with Gasteiger partial charge in [0.2, 0.25) is 5.56 Å². The largest absolute Gasteiger partial charge is 0.465 e. The van der Waals surface area contributed by atoms with Gasteiger partial charge in [0, 0.05) is 22.8 Å². The Morgan fingerprint density at radius 1 is 1.28 bits per heavy atom. The van der Waals surface area contributed by atoms with E-state index in [1.807, 2.05) is 0 Å². The molecule has 1 heterocycles. The number of hydrogen-bond donors (Lipinski definition) is 1. The lowest BCUT2D eigenvalue weighted by Crippen LogP contribution is -2.04. The van der Waals surface area contributed by atoms with Crippen LogP contribution in [0, 0.1) is 0 Å². The van der Waals surface area contributed by atoms with Crippen LogP contribution in [0.15, 0.2) is 41.3 Å². The number of H-pyrrole nitrogens is 1. The minimum atomic E-state index is -0.447. The minimum Gasteiger partial charge on any atom is -0.465 e. The molecule has 2 rings (SSSR count). The summed E-state index contributed by atoms with van der Waals surface area (Å²) in [6.45, 7) is 0. The maximum absolute atomic E-state index is 11.4. The van der Waals surface area contributed by atoms with Crippen LogP contribution in [0.1, 0.15) is 10.4 Å². The number of hydrogen-bond acceptors (Lipinski definition) is 3. The van der Waals surface area contributed by atoms with Gasteiger partial charge in [0.1, 0.15) is 0 Å². The summed E-state index contributed by atoms with van der Waals surface area (Å²) in [5.74, 6) is -0.447. The van der Waals surface area contributed by atoms with Crippen LogP contribution in [0.5, 0.6) is 0 Å². The number of aromatic amines is 1. The first kappa shape index (κ1) is 12.4. The van der Waals surface area contributed by atoms with Gasteiger partial charge in [0.15, 0.2) is 0 Å². The van der Waals surface area contributed by atoms with Crippen LogP contribution in [-0.4, -0.2) is 18.1 Å². The van der Waals surface area contributed by atoms with Crippen molar-refractivity contribution in [1.29, 1.82) is 0 Å². The third-order valence-electron chi connectivity index (χ3n) is 2.47. The van der Waals surface area contributed by atoms with Crippen molar-refractivity contribution < 1.29 is 9.53 Å². The molecule has 92 valence electrons. The van der Waals surface area contributed by atoms with Crippen LogP contribution >= 0.6 is 11.6 Å². The molecule has 0 aliphatic carbocycles. The van der Waals surface area contributed by atoms with Crippen LogP contribution in [0.4, 0.5) is 0 Å². The van der Waals surface area contributed by atoms with Gasteiger partial charge in [-0.25, -0.2) is 4.79 Å². The molecule has 0 saturated carbocycles. The van der Waals surface area contributed by atoms with E-state index in [0.717, 1.165) is 0 Å². The van der Waals surface area contributed by atoms with Crippen molar-refractivity contribution in [2.75, 3.05) is 7.11 Å². The number of methoxy groups -OCH3 is 1. The van der Waals surface area contributed by atoms with Crippen LogP contribution in [0.25, 0.3) is 11.1 Å². The third-order valence-corrected chi connectivity index (χ3v) is 2.80. The quantitative estimate of drug-likeness (QED) is 0.847. The molecule has 1 aromatic heterocycles. The lowest BCUT2D eigenvalue weighted by Gasteiger charge is -2.06. The molecule has 0 bridgehead atoms. The van der Waals surface area contributed by atoms with E-state index < -0.39 is 5.97 Å². The molecule has 4 nitrogen and oxygen atoms in total. The second kappa shape index (κ2) is 5.06. The summed E-state index contributed by atoms with van der Waals surface area (Å²) in [4.78, 5) is 25.2. The fourth-order valence-corrected chi connectivity index (χ4v) is 1.83. The number of rotatable bonds is 2. The standard InChI is InChI=1S/C13H10ClNO3/c1-18-13(17)9-2-3-11(14)10(6-9)8-4-5-15-12(16)7-8/h2-7H,1H3,(H,15,16). The molecule has 2 aromatic rings. The third kappa shape index (κ3) is 2.43. The molecule has 0 aliphatic heterocycles. The molecule has 18 heavy (non-hydrogen) atoms. The monoisotopic (exact) mass is 263 g/mol. The molecule has 1 aromatic carbocycles. The molecule has 5 heteroatoms. The second-order valence-electron chi connectivity index (χ2n) is 3.63. The van der Waals surface area contributed by atoms with Gasteiger partial charge in [-0.2, -0.15) is 0 Å². The summed E-state index contributed by atoms with van der Waals surface area (Å²) in [6.07, 6.45) is 1.53. The van der Waals surface area contributed by atoms with Crippen molar-refractivity contribution in [2.45, 2.75) is 0 Å². The van der Waals surface area contributed by atoms with Crippen LogP contribution < -0.4 is 5.56 Å². The molecule has 0 aliphatic rings. The fraction of sp³-hybridized carbons (Fsp3) is 0.0769. The molecule has 0 amide bonds. The zero-order valence-corrected chi connectivity index (χ0v) is 10.3. The maximum Gasteiger partial charge on any atom is 0.337 e. The van der Waals surface area contributed by atoms with Crippen LogP contribution in [0.3, 0.4) is 0 Å². The molecular formula is C13H10ClNO3. The Balaban J connectivity index is 2.56. The predicted octanol–water partition coefficient (Wildman–Crippen LogP) is 2.48. The number of ether oxygens (including phenoxy) is 1. The van der Waals surface area contributed by atoms with Gasteiger partial charge in [0.25, 0.3) is 0 Å². The molecule has 1 N–H and O–H groups in total. The second-order valence-corrected chi connectivity index (χ2v) is 4.04. The summed E-state index contributed by atoms with van der Waals surface area (Å²) in [7, 11) is 1.31. The molecule has 0 saturated heterocycles. The Kier molecular flexibility index (Phi) is 3.48. The van der Waals surface area contributed by atoms with Gasteiger partial charge in [-0.05, 0) is 29.8 Å². The molecular weight excluding hydrogens is 254 g/mol. The summed E-state index contributed by atoms with van der Waals surface area (Å²) >= 11 is 6.07. The molecule has 0 radical (unpaired) electrons. The van der Waals surface area contributed by atoms with Gasteiger partial charge >= 0.3 is 5.97 Å². The topological polar surface area (TPSA) is 59.2 Å². The number of pyridine rings is 1. The Hall–Kier alpha value is -2.07. The van der Waals surface area contributed by atoms with E-state index in [-0.39, 0.29) is 5.56 Å². The highest BCUT2D eigenvalue weighted by Gasteiger charge is 2.10. The van der Waals surface area contributed by atoms with E-state index in [2.05, 4.69) is 9.72 Å². The van der Waals surface area contributed by atoms with Crippen molar-refractivity contribution >= 4 is 17.6 Å². The van der Waals surface area contributed by atoms with Crippen LogP contribution in [0.2, 0.25) is 5.02 Å². The highest BCUT2D eigenvalue weighted by Crippen LogP contribution is 2.28. The number of carbonyl (C=O) groups excluding carboxylic acids is 1. The predicted molar refractivity (Wildman–Crippen MR) is 68.8 cm³/mol. The van der Waals surface area contributed by atoms with Gasteiger partial charge in [-0.1, -0.05) is 11.6 Å². The SMILES string of the molecule is COC(=O)c1ccc(Cl)c(-c2cc[nH]c(=O)c2)c1. The van der Waals surface area contributed by atoms with Crippen molar-refractivity contribution in [3.8, 4) is 11.1 Å². The zero-order valence-electron chi connectivity index (χ0n) is 9.57. The van der Waals surface area contributed by atoms with Crippen molar-refractivity contribution in [1.82, 2.24) is 4.98 Å². The van der Waals surface area contributed by atoms with Crippen molar-refractivity contribution in [3.63, 3.8) is 0 Å². The van der Waals surface area contributed by atoms with Gasteiger partial charge < -0.3 is 9.72 Å². The Bertz CT molecular complexity index is 649. The maximum atomic E-state index is 11.4. The number of nitrogens with one attached hydrogen (secondary N) is 1. The lowest BCUT2D eigenvalue weighted by atomic mass is 10.0.